The van der Waals surface area contributed by atoms with Crippen molar-refractivity contribution in [3.05, 3.63) is 54.2 Å². The van der Waals surface area contributed by atoms with E-state index in [2.05, 4.69) is 21.1 Å². The predicted molar refractivity (Wildman–Crippen MR) is 106 cm³/mol. The number of methoxy groups -OCH3 is 2. The number of anilines is 1. The number of fused-ring (bicyclic) bond motifs is 1. The lowest BCUT2D eigenvalue weighted by Crippen LogP contribution is -2.13. The molecule has 0 bridgehead atoms. The fourth-order valence-corrected chi connectivity index (χ4v) is 3.93. The van der Waals surface area contributed by atoms with E-state index in [0.29, 0.717) is 22.7 Å². The number of hydrogen-bond acceptors (Lipinski definition) is 5. The number of benzene rings is 2. The van der Waals surface area contributed by atoms with Gasteiger partial charge in [-0.25, -0.2) is 4.98 Å². The molecule has 0 saturated carbocycles. The van der Waals surface area contributed by atoms with Crippen molar-refractivity contribution in [1.29, 1.82) is 0 Å². The molecule has 4 rings (SSSR count). The van der Waals surface area contributed by atoms with Crippen LogP contribution in [0.4, 0.5) is 5.69 Å². The highest BCUT2D eigenvalue weighted by Crippen LogP contribution is 2.30. The highest BCUT2D eigenvalue weighted by atomic mass is 32.2. The standard InChI is InChI=1S/C20H19N3O3S/c1-25-15-6-7-16(18(11-15)26-2)19(24)21-14-5-3-4-13(10-14)17-12-23-8-9-27-20(23)22-17/h3-7,10-12H,8-9H2,1-2H3,(H,21,24). The molecule has 27 heavy (non-hydrogen) atoms. The number of hydrogen-bond donors (Lipinski definition) is 1. The lowest BCUT2D eigenvalue weighted by molar-refractivity contribution is 0.102. The molecule has 1 aliphatic rings. The summed E-state index contributed by atoms with van der Waals surface area (Å²) in [6.07, 6.45) is 2.06. The normalized spacial score (nSPS) is 12.5. The lowest BCUT2D eigenvalue weighted by Gasteiger charge is -2.11. The van der Waals surface area contributed by atoms with Gasteiger partial charge in [0.15, 0.2) is 5.16 Å². The van der Waals surface area contributed by atoms with Crippen molar-refractivity contribution in [2.24, 2.45) is 0 Å². The van der Waals surface area contributed by atoms with Crippen molar-refractivity contribution < 1.29 is 14.3 Å². The molecule has 7 heteroatoms. The summed E-state index contributed by atoms with van der Waals surface area (Å²) in [6, 6.07) is 12.8. The number of imidazole rings is 1. The number of rotatable bonds is 5. The molecule has 1 N–H and O–H groups in total. The molecular formula is C20H19N3O3S. The molecule has 6 nitrogen and oxygen atoms in total. The maximum atomic E-state index is 12.7. The summed E-state index contributed by atoms with van der Waals surface area (Å²) in [5.41, 5.74) is 3.03. The first kappa shape index (κ1) is 17.5. The summed E-state index contributed by atoms with van der Waals surface area (Å²) in [5, 5.41) is 3.97. The number of carbonyl (C=O) groups is 1. The number of ether oxygens (including phenoxy) is 2. The average Bonchev–Trinajstić information content (AvgIpc) is 3.30. The Morgan fingerprint density at radius 2 is 2.07 bits per heavy atom. The molecule has 0 aliphatic carbocycles. The molecule has 0 saturated heterocycles. The van der Waals surface area contributed by atoms with Crippen LogP contribution in [0.5, 0.6) is 11.5 Å². The molecule has 1 amide bonds. The number of nitrogens with zero attached hydrogens (tertiary/aromatic N) is 2. The Hall–Kier alpha value is -2.93. The van der Waals surface area contributed by atoms with Gasteiger partial charge in [0.25, 0.3) is 5.91 Å². The minimum absolute atomic E-state index is 0.241. The zero-order chi connectivity index (χ0) is 18.8. The minimum Gasteiger partial charge on any atom is -0.497 e. The second-order valence-electron chi connectivity index (χ2n) is 6.05. The monoisotopic (exact) mass is 381 g/mol. The first-order valence-corrected chi connectivity index (χ1v) is 9.50. The van der Waals surface area contributed by atoms with Crippen molar-refractivity contribution in [2.75, 3.05) is 25.3 Å². The second-order valence-corrected chi connectivity index (χ2v) is 7.11. The zero-order valence-electron chi connectivity index (χ0n) is 15.1. The van der Waals surface area contributed by atoms with Gasteiger partial charge < -0.3 is 19.4 Å². The highest BCUT2D eigenvalue weighted by molar-refractivity contribution is 7.99. The van der Waals surface area contributed by atoms with Gasteiger partial charge in [-0.3, -0.25) is 4.79 Å². The largest absolute Gasteiger partial charge is 0.497 e. The Balaban J connectivity index is 1.57. The molecule has 1 aliphatic heterocycles. The van der Waals surface area contributed by atoms with E-state index in [1.807, 2.05) is 24.3 Å². The van der Waals surface area contributed by atoms with E-state index in [0.717, 1.165) is 28.7 Å². The number of amides is 1. The minimum atomic E-state index is -0.241. The lowest BCUT2D eigenvalue weighted by atomic mass is 10.1. The number of carbonyl (C=O) groups excluding carboxylic acids is 1. The van der Waals surface area contributed by atoms with Gasteiger partial charge in [0.2, 0.25) is 0 Å². The maximum Gasteiger partial charge on any atom is 0.259 e. The van der Waals surface area contributed by atoms with Crippen LogP contribution >= 0.6 is 11.8 Å². The zero-order valence-corrected chi connectivity index (χ0v) is 15.9. The van der Waals surface area contributed by atoms with Gasteiger partial charge in [0.1, 0.15) is 11.5 Å². The average molecular weight is 381 g/mol. The first-order chi connectivity index (χ1) is 13.2. The Morgan fingerprint density at radius 1 is 1.19 bits per heavy atom. The van der Waals surface area contributed by atoms with Gasteiger partial charge in [0.05, 0.1) is 25.5 Å². The summed E-state index contributed by atoms with van der Waals surface area (Å²) in [5.74, 6) is 1.93. The van der Waals surface area contributed by atoms with E-state index in [1.165, 1.54) is 7.11 Å². The third-order valence-corrected chi connectivity index (χ3v) is 5.34. The van der Waals surface area contributed by atoms with E-state index in [1.54, 1.807) is 37.1 Å². The molecule has 138 valence electrons. The Morgan fingerprint density at radius 3 is 2.85 bits per heavy atom. The topological polar surface area (TPSA) is 65.4 Å². The molecule has 0 unspecified atom stereocenters. The second kappa shape index (κ2) is 7.36. The van der Waals surface area contributed by atoms with E-state index >= 15 is 0 Å². The smallest absolute Gasteiger partial charge is 0.259 e. The molecule has 2 aromatic carbocycles. The van der Waals surface area contributed by atoms with Gasteiger partial charge >= 0.3 is 0 Å². The first-order valence-electron chi connectivity index (χ1n) is 8.51. The van der Waals surface area contributed by atoms with Crippen LogP contribution in [-0.2, 0) is 6.54 Å². The molecule has 0 spiro atoms. The molecular weight excluding hydrogens is 362 g/mol. The van der Waals surface area contributed by atoms with Gasteiger partial charge in [-0.1, -0.05) is 23.9 Å². The molecule has 0 atom stereocenters. The van der Waals surface area contributed by atoms with Crippen LogP contribution in [0, 0.1) is 0 Å². The SMILES string of the molecule is COc1ccc(C(=O)Nc2cccc(-c3cn4c(n3)SCC4)c2)c(OC)c1. The van der Waals surface area contributed by atoms with Gasteiger partial charge in [-0.2, -0.15) is 0 Å². The predicted octanol–water partition coefficient (Wildman–Crippen LogP) is 3.93. The van der Waals surface area contributed by atoms with Crippen molar-refractivity contribution >= 4 is 23.4 Å². The highest BCUT2D eigenvalue weighted by Gasteiger charge is 2.17. The Bertz CT molecular complexity index is 978. The third-order valence-electron chi connectivity index (χ3n) is 4.37. The molecule has 0 radical (unpaired) electrons. The quantitative estimate of drug-likeness (QED) is 0.726. The number of aryl methyl sites for hydroxylation is 1. The summed E-state index contributed by atoms with van der Waals surface area (Å²) in [6.45, 7) is 0.987. The van der Waals surface area contributed by atoms with Crippen LogP contribution in [0.1, 0.15) is 10.4 Å². The van der Waals surface area contributed by atoms with Crippen LogP contribution in [0.3, 0.4) is 0 Å². The van der Waals surface area contributed by atoms with Gasteiger partial charge in [0, 0.05) is 35.8 Å². The van der Waals surface area contributed by atoms with E-state index in [4.69, 9.17) is 9.47 Å². The Kier molecular flexibility index (Phi) is 4.77. The van der Waals surface area contributed by atoms with Crippen molar-refractivity contribution in [3.63, 3.8) is 0 Å². The molecule has 2 heterocycles. The van der Waals surface area contributed by atoms with Crippen LogP contribution in [0.15, 0.2) is 53.8 Å². The molecule has 1 aromatic heterocycles. The van der Waals surface area contributed by atoms with Crippen LogP contribution in [-0.4, -0.2) is 35.4 Å². The van der Waals surface area contributed by atoms with Gasteiger partial charge in [-0.05, 0) is 24.3 Å². The number of thioether (sulfide) groups is 1. The van der Waals surface area contributed by atoms with E-state index < -0.39 is 0 Å². The van der Waals surface area contributed by atoms with Gasteiger partial charge in [-0.15, -0.1) is 0 Å². The third kappa shape index (κ3) is 3.50. The van der Waals surface area contributed by atoms with E-state index in [-0.39, 0.29) is 5.91 Å². The fraction of sp³-hybridized carbons (Fsp3) is 0.200. The summed E-state index contributed by atoms with van der Waals surface area (Å²) in [7, 11) is 3.10. The van der Waals surface area contributed by atoms with Crippen molar-refractivity contribution in [1.82, 2.24) is 9.55 Å². The summed E-state index contributed by atoms with van der Waals surface area (Å²) < 4.78 is 12.7. The maximum absolute atomic E-state index is 12.7. The van der Waals surface area contributed by atoms with Crippen LogP contribution in [0.2, 0.25) is 0 Å². The van der Waals surface area contributed by atoms with Crippen molar-refractivity contribution in [3.8, 4) is 22.8 Å². The molecule has 0 fully saturated rings. The van der Waals surface area contributed by atoms with Crippen LogP contribution in [0.25, 0.3) is 11.3 Å². The fourth-order valence-electron chi connectivity index (χ4n) is 2.99. The van der Waals surface area contributed by atoms with Crippen LogP contribution < -0.4 is 14.8 Å². The molecule has 3 aromatic rings. The van der Waals surface area contributed by atoms with E-state index in [9.17, 15) is 4.79 Å². The Labute approximate surface area is 161 Å². The van der Waals surface area contributed by atoms with Crippen molar-refractivity contribution in [2.45, 2.75) is 11.7 Å². The summed E-state index contributed by atoms with van der Waals surface area (Å²) >= 11 is 1.76. The number of aromatic nitrogens is 2. The number of nitrogens with one attached hydrogen (secondary N) is 1. The summed E-state index contributed by atoms with van der Waals surface area (Å²) in [4.78, 5) is 17.4.